The lowest BCUT2D eigenvalue weighted by Gasteiger charge is -2.61. The van der Waals surface area contributed by atoms with Crippen LogP contribution in [0.5, 0.6) is 0 Å². The van der Waals surface area contributed by atoms with E-state index >= 15 is 0 Å². The second kappa shape index (κ2) is 5.07. The topological polar surface area (TPSA) is 69.4 Å². The number of benzene rings is 1. The van der Waals surface area contributed by atoms with Gasteiger partial charge in [0, 0.05) is 12.1 Å². The Balaban J connectivity index is 1.66. The van der Waals surface area contributed by atoms with E-state index in [9.17, 15) is 14.9 Å². The largest absolute Gasteiger partial charge is 0.458 e. The molecule has 4 rings (SSSR count). The van der Waals surface area contributed by atoms with E-state index in [-0.39, 0.29) is 17.8 Å². The van der Waals surface area contributed by atoms with Gasteiger partial charge in [0.25, 0.3) is 5.69 Å². The zero-order valence-corrected chi connectivity index (χ0v) is 13.1. The fourth-order valence-corrected chi connectivity index (χ4v) is 4.18. The molecular formula is C17H21NO4. The van der Waals surface area contributed by atoms with E-state index in [1.54, 1.807) is 0 Å². The highest BCUT2D eigenvalue weighted by Crippen LogP contribution is 2.61. The monoisotopic (exact) mass is 303 g/mol. The van der Waals surface area contributed by atoms with E-state index in [1.165, 1.54) is 30.7 Å². The molecule has 0 heterocycles. The average Bonchev–Trinajstić information content (AvgIpc) is 2.48. The van der Waals surface area contributed by atoms with Gasteiger partial charge in [0.1, 0.15) is 6.10 Å². The smallest absolute Gasteiger partial charge is 0.338 e. The summed E-state index contributed by atoms with van der Waals surface area (Å²) >= 11 is 0. The number of non-ortho nitro benzene ring substituents is 1. The second-order valence-corrected chi connectivity index (χ2v) is 7.20. The molecule has 0 aromatic heterocycles. The molecule has 3 fully saturated rings. The Morgan fingerprint density at radius 1 is 1.27 bits per heavy atom. The van der Waals surface area contributed by atoms with Gasteiger partial charge in [-0.2, -0.15) is 0 Å². The predicted octanol–water partition coefficient (Wildman–Crippen LogP) is 3.82. The number of nitrogens with zero attached hydrogens (tertiary/aromatic N) is 1. The number of hydrogen-bond acceptors (Lipinski definition) is 4. The zero-order chi connectivity index (χ0) is 16.1. The Bertz CT molecular complexity index is 608. The highest BCUT2D eigenvalue weighted by molar-refractivity contribution is 5.89. The van der Waals surface area contributed by atoms with Crippen LogP contribution >= 0.6 is 0 Å². The molecule has 3 saturated carbocycles. The molecule has 5 nitrogen and oxygen atoms in total. The van der Waals surface area contributed by atoms with Crippen molar-refractivity contribution in [3.63, 3.8) is 0 Å². The summed E-state index contributed by atoms with van der Waals surface area (Å²) in [7, 11) is 0. The number of hydrogen-bond donors (Lipinski definition) is 0. The molecule has 3 aliphatic rings. The number of rotatable bonds is 3. The van der Waals surface area contributed by atoms with Gasteiger partial charge >= 0.3 is 5.97 Å². The lowest BCUT2D eigenvalue weighted by Crippen LogP contribution is -2.57. The summed E-state index contributed by atoms with van der Waals surface area (Å²) in [6, 6.07) is 5.58. The van der Waals surface area contributed by atoms with Crippen molar-refractivity contribution >= 4 is 11.7 Å². The summed E-state index contributed by atoms with van der Waals surface area (Å²) < 4.78 is 5.68. The van der Waals surface area contributed by atoms with Crippen molar-refractivity contribution in [3.05, 3.63) is 39.9 Å². The van der Waals surface area contributed by atoms with Crippen LogP contribution in [0.15, 0.2) is 24.3 Å². The molecule has 118 valence electrons. The van der Waals surface area contributed by atoms with Gasteiger partial charge in [-0.15, -0.1) is 0 Å². The SMILES string of the molecule is C[C@@H]1[C@H](OC(=O)c2ccc([N+](=O)[O-])cc2)C[C@H]2C[C@@H]1C2(C)C. The maximum Gasteiger partial charge on any atom is 0.338 e. The molecule has 0 N–H and O–H groups in total. The van der Waals surface area contributed by atoms with Gasteiger partial charge in [-0.25, -0.2) is 4.79 Å². The van der Waals surface area contributed by atoms with Gasteiger partial charge in [-0.05, 0) is 48.1 Å². The Morgan fingerprint density at radius 2 is 1.91 bits per heavy atom. The lowest BCUT2D eigenvalue weighted by molar-refractivity contribution is -0.384. The molecular weight excluding hydrogens is 282 g/mol. The van der Waals surface area contributed by atoms with Crippen LogP contribution in [0.25, 0.3) is 0 Å². The summed E-state index contributed by atoms with van der Waals surface area (Å²) in [4.78, 5) is 22.4. The first-order chi connectivity index (χ1) is 10.3. The zero-order valence-electron chi connectivity index (χ0n) is 13.1. The van der Waals surface area contributed by atoms with E-state index < -0.39 is 4.92 Å². The molecule has 0 unspecified atom stereocenters. The first-order valence-corrected chi connectivity index (χ1v) is 7.76. The van der Waals surface area contributed by atoms with Crippen molar-refractivity contribution in [1.29, 1.82) is 0 Å². The highest BCUT2D eigenvalue weighted by Gasteiger charge is 2.57. The fourth-order valence-electron chi connectivity index (χ4n) is 4.18. The van der Waals surface area contributed by atoms with Crippen LogP contribution in [0.2, 0.25) is 0 Å². The van der Waals surface area contributed by atoms with Crippen LogP contribution in [-0.2, 0) is 4.74 Å². The number of ether oxygens (including phenoxy) is 1. The average molecular weight is 303 g/mol. The number of nitro benzene ring substituents is 1. The van der Waals surface area contributed by atoms with Gasteiger partial charge in [0.15, 0.2) is 0 Å². The molecule has 1 aromatic carbocycles. The van der Waals surface area contributed by atoms with Gasteiger partial charge in [0.05, 0.1) is 10.5 Å². The van der Waals surface area contributed by atoms with Crippen molar-refractivity contribution in [2.24, 2.45) is 23.2 Å². The molecule has 2 bridgehead atoms. The molecule has 0 amide bonds. The van der Waals surface area contributed by atoms with Gasteiger partial charge in [-0.3, -0.25) is 10.1 Å². The van der Waals surface area contributed by atoms with Crippen molar-refractivity contribution in [2.75, 3.05) is 0 Å². The molecule has 3 aliphatic carbocycles. The summed E-state index contributed by atoms with van der Waals surface area (Å²) in [5.41, 5.74) is 0.706. The summed E-state index contributed by atoms with van der Waals surface area (Å²) in [5.74, 6) is 1.22. The minimum absolute atomic E-state index is 0.0226. The molecule has 5 heteroatoms. The van der Waals surface area contributed by atoms with Crippen LogP contribution in [0.1, 0.15) is 44.0 Å². The molecule has 22 heavy (non-hydrogen) atoms. The van der Waals surface area contributed by atoms with Crippen molar-refractivity contribution in [1.82, 2.24) is 0 Å². The minimum Gasteiger partial charge on any atom is -0.458 e. The molecule has 4 atom stereocenters. The number of fused-ring (bicyclic) bond motifs is 2. The van der Waals surface area contributed by atoms with Gasteiger partial charge < -0.3 is 4.74 Å². The maximum absolute atomic E-state index is 12.2. The first kappa shape index (κ1) is 15.0. The molecule has 0 radical (unpaired) electrons. The first-order valence-electron chi connectivity index (χ1n) is 7.76. The number of nitro groups is 1. The fraction of sp³-hybridized carbons (Fsp3) is 0.588. The summed E-state index contributed by atoms with van der Waals surface area (Å²) in [6.45, 7) is 6.77. The van der Waals surface area contributed by atoms with E-state index in [1.807, 2.05) is 0 Å². The Kier molecular flexibility index (Phi) is 3.46. The standard InChI is InChI=1S/C17H21NO4/c1-10-14-8-12(17(14,2)3)9-15(10)22-16(19)11-4-6-13(7-5-11)18(20)21/h4-7,10,12,14-15H,8-9H2,1-3H3/t10-,12+,14-,15+/m0/s1. The summed E-state index contributed by atoms with van der Waals surface area (Å²) in [6.07, 6.45) is 2.11. The summed E-state index contributed by atoms with van der Waals surface area (Å²) in [5, 5.41) is 10.6. The van der Waals surface area contributed by atoms with E-state index in [0.29, 0.717) is 28.7 Å². The maximum atomic E-state index is 12.2. The van der Waals surface area contributed by atoms with Crippen LogP contribution < -0.4 is 0 Å². The Morgan fingerprint density at radius 3 is 2.41 bits per heavy atom. The normalized spacial score (nSPS) is 32.0. The van der Waals surface area contributed by atoms with Crippen LogP contribution in [0.3, 0.4) is 0 Å². The third kappa shape index (κ3) is 2.28. The minimum atomic E-state index is -0.478. The van der Waals surface area contributed by atoms with E-state index in [4.69, 9.17) is 4.74 Å². The van der Waals surface area contributed by atoms with Crippen LogP contribution in [0, 0.1) is 33.3 Å². The highest BCUT2D eigenvalue weighted by atomic mass is 16.6. The van der Waals surface area contributed by atoms with Gasteiger partial charge in [0.2, 0.25) is 0 Å². The number of carbonyl (C=O) groups excluding carboxylic acids is 1. The van der Waals surface area contributed by atoms with Gasteiger partial charge in [-0.1, -0.05) is 20.8 Å². The Hall–Kier alpha value is -1.91. The van der Waals surface area contributed by atoms with Crippen molar-refractivity contribution < 1.29 is 14.5 Å². The second-order valence-electron chi connectivity index (χ2n) is 7.20. The van der Waals surface area contributed by atoms with Crippen LogP contribution in [0.4, 0.5) is 5.69 Å². The lowest BCUT2D eigenvalue weighted by atomic mass is 9.45. The molecule has 0 spiro atoms. The number of esters is 1. The van der Waals surface area contributed by atoms with Crippen LogP contribution in [-0.4, -0.2) is 17.0 Å². The molecule has 1 aromatic rings. The van der Waals surface area contributed by atoms with Crippen molar-refractivity contribution in [2.45, 2.75) is 39.7 Å². The quantitative estimate of drug-likeness (QED) is 0.483. The number of carbonyl (C=O) groups is 1. The molecule has 0 saturated heterocycles. The van der Waals surface area contributed by atoms with Crippen molar-refractivity contribution in [3.8, 4) is 0 Å². The van der Waals surface area contributed by atoms with E-state index in [2.05, 4.69) is 20.8 Å². The third-order valence-corrected chi connectivity index (χ3v) is 5.86. The third-order valence-electron chi connectivity index (χ3n) is 5.86. The molecule has 0 aliphatic heterocycles. The predicted molar refractivity (Wildman–Crippen MR) is 81.5 cm³/mol. The van der Waals surface area contributed by atoms with E-state index in [0.717, 1.165) is 6.42 Å². The Labute approximate surface area is 129 Å².